The summed E-state index contributed by atoms with van der Waals surface area (Å²) in [7, 11) is 0. The first-order valence-electron chi connectivity index (χ1n) is 6.02. The number of benzene rings is 2. The Labute approximate surface area is 106 Å². The van der Waals surface area contributed by atoms with Crippen molar-refractivity contribution in [3.8, 4) is 11.3 Å². The van der Waals surface area contributed by atoms with Gasteiger partial charge >= 0.3 is 0 Å². The van der Waals surface area contributed by atoms with Gasteiger partial charge < -0.3 is 5.73 Å². The van der Waals surface area contributed by atoms with Gasteiger partial charge in [-0.1, -0.05) is 35.9 Å². The molecule has 0 fully saturated rings. The predicted molar refractivity (Wildman–Crippen MR) is 74.2 cm³/mol. The number of hydrogen-bond donors (Lipinski definition) is 2. The molecule has 3 nitrogen and oxygen atoms in total. The molecule has 0 spiro atoms. The van der Waals surface area contributed by atoms with Crippen molar-refractivity contribution in [3.05, 3.63) is 53.6 Å². The molecule has 0 saturated carbocycles. The van der Waals surface area contributed by atoms with Crippen LogP contribution in [0.5, 0.6) is 0 Å². The summed E-state index contributed by atoms with van der Waals surface area (Å²) in [6.45, 7) is 2.61. The lowest BCUT2D eigenvalue weighted by atomic mass is 10.0. The predicted octanol–water partition coefficient (Wildman–Crippen LogP) is 3.00. The number of H-pyrrole nitrogens is 1. The summed E-state index contributed by atoms with van der Waals surface area (Å²) >= 11 is 0. The van der Waals surface area contributed by atoms with Gasteiger partial charge in [0, 0.05) is 17.5 Å². The molecule has 0 bridgehead atoms. The van der Waals surface area contributed by atoms with Crippen molar-refractivity contribution in [2.45, 2.75) is 13.5 Å². The van der Waals surface area contributed by atoms with E-state index in [0.717, 1.165) is 27.7 Å². The Morgan fingerprint density at radius 3 is 2.78 bits per heavy atom. The minimum Gasteiger partial charge on any atom is -0.326 e. The fraction of sp³-hybridized carbons (Fsp3) is 0.133. The van der Waals surface area contributed by atoms with Crippen LogP contribution in [0.25, 0.3) is 22.2 Å². The maximum absolute atomic E-state index is 5.81. The second kappa shape index (κ2) is 4.27. The molecule has 0 aliphatic heterocycles. The van der Waals surface area contributed by atoms with Crippen molar-refractivity contribution in [2.24, 2.45) is 5.73 Å². The van der Waals surface area contributed by atoms with Crippen molar-refractivity contribution in [1.82, 2.24) is 10.2 Å². The first-order valence-corrected chi connectivity index (χ1v) is 6.02. The van der Waals surface area contributed by atoms with Crippen LogP contribution in [-0.2, 0) is 6.54 Å². The summed E-state index contributed by atoms with van der Waals surface area (Å²) in [6.07, 6.45) is 0. The van der Waals surface area contributed by atoms with Gasteiger partial charge in [0.1, 0.15) is 5.69 Å². The van der Waals surface area contributed by atoms with Gasteiger partial charge in [-0.25, -0.2) is 0 Å². The molecule has 18 heavy (non-hydrogen) atoms. The van der Waals surface area contributed by atoms with E-state index in [1.807, 2.05) is 12.1 Å². The van der Waals surface area contributed by atoms with Crippen molar-refractivity contribution in [1.29, 1.82) is 0 Å². The first kappa shape index (κ1) is 11.0. The van der Waals surface area contributed by atoms with E-state index in [1.165, 1.54) is 5.56 Å². The lowest BCUT2D eigenvalue weighted by molar-refractivity contribution is 1.09. The highest BCUT2D eigenvalue weighted by atomic mass is 15.1. The van der Waals surface area contributed by atoms with Gasteiger partial charge in [0.25, 0.3) is 0 Å². The third kappa shape index (κ3) is 1.69. The molecule has 1 heterocycles. The average molecular weight is 237 g/mol. The maximum atomic E-state index is 5.81. The number of rotatable bonds is 2. The van der Waals surface area contributed by atoms with Gasteiger partial charge in [0.15, 0.2) is 0 Å². The van der Waals surface area contributed by atoms with Crippen molar-refractivity contribution >= 4 is 10.9 Å². The topological polar surface area (TPSA) is 54.7 Å². The Morgan fingerprint density at radius 1 is 1.17 bits per heavy atom. The van der Waals surface area contributed by atoms with Crippen molar-refractivity contribution < 1.29 is 0 Å². The molecule has 3 heteroatoms. The lowest BCUT2D eigenvalue weighted by Crippen LogP contribution is -1.96. The number of hydrogen-bond acceptors (Lipinski definition) is 2. The molecule has 0 radical (unpaired) electrons. The first-order chi connectivity index (χ1) is 8.79. The number of aromatic nitrogens is 2. The Balaban J connectivity index is 2.30. The summed E-state index contributed by atoms with van der Waals surface area (Å²) in [5.74, 6) is 0. The summed E-state index contributed by atoms with van der Waals surface area (Å²) in [5, 5.41) is 8.64. The molecule has 0 atom stereocenters. The molecular weight excluding hydrogens is 222 g/mol. The Kier molecular flexibility index (Phi) is 2.61. The minimum atomic E-state index is 0.524. The van der Waals surface area contributed by atoms with Crippen molar-refractivity contribution in [2.75, 3.05) is 0 Å². The van der Waals surface area contributed by atoms with E-state index >= 15 is 0 Å². The van der Waals surface area contributed by atoms with E-state index in [1.54, 1.807) is 0 Å². The van der Waals surface area contributed by atoms with Gasteiger partial charge in [-0.2, -0.15) is 5.10 Å². The molecule has 2 aromatic carbocycles. The molecule has 0 unspecified atom stereocenters. The fourth-order valence-electron chi connectivity index (χ4n) is 2.32. The fourth-order valence-corrected chi connectivity index (χ4v) is 2.32. The molecular formula is C15H15N3. The van der Waals surface area contributed by atoms with E-state index in [2.05, 4.69) is 47.5 Å². The third-order valence-electron chi connectivity index (χ3n) is 3.19. The smallest absolute Gasteiger partial charge is 0.100 e. The highest BCUT2D eigenvalue weighted by Crippen LogP contribution is 2.29. The van der Waals surface area contributed by atoms with Crippen molar-refractivity contribution in [3.63, 3.8) is 0 Å². The van der Waals surface area contributed by atoms with E-state index in [0.29, 0.717) is 6.54 Å². The largest absolute Gasteiger partial charge is 0.326 e. The van der Waals surface area contributed by atoms with E-state index in [9.17, 15) is 0 Å². The maximum Gasteiger partial charge on any atom is 0.100 e. The second-order valence-electron chi connectivity index (χ2n) is 4.49. The molecule has 3 N–H and O–H groups in total. The van der Waals surface area contributed by atoms with Crippen LogP contribution in [0.4, 0.5) is 0 Å². The number of aromatic amines is 1. The molecule has 3 rings (SSSR count). The zero-order valence-electron chi connectivity index (χ0n) is 10.3. The van der Waals surface area contributed by atoms with Gasteiger partial charge in [-0.3, -0.25) is 5.10 Å². The van der Waals surface area contributed by atoms with Gasteiger partial charge in [0.2, 0.25) is 0 Å². The number of nitrogens with one attached hydrogen (secondary N) is 1. The average Bonchev–Trinajstić information content (AvgIpc) is 2.82. The monoisotopic (exact) mass is 237 g/mol. The SMILES string of the molecule is Cc1cccc(-c2n[nH]c3cccc(CN)c23)c1. The highest BCUT2D eigenvalue weighted by Gasteiger charge is 2.11. The standard InChI is InChI=1S/C15H15N3/c1-10-4-2-5-11(8-10)15-14-12(9-16)6-3-7-13(14)17-18-15/h2-8H,9,16H2,1H3,(H,17,18). The van der Waals surface area contributed by atoms with Crippen LogP contribution in [0.2, 0.25) is 0 Å². The number of nitrogens with two attached hydrogens (primary N) is 1. The van der Waals surface area contributed by atoms with Gasteiger partial charge in [-0.15, -0.1) is 0 Å². The van der Waals surface area contributed by atoms with Crippen LogP contribution < -0.4 is 5.73 Å². The quantitative estimate of drug-likeness (QED) is 0.720. The van der Waals surface area contributed by atoms with Crippen LogP contribution in [0.15, 0.2) is 42.5 Å². The number of nitrogens with zero attached hydrogens (tertiary/aromatic N) is 1. The Bertz CT molecular complexity index is 698. The minimum absolute atomic E-state index is 0.524. The molecule has 3 aromatic rings. The molecule has 0 aliphatic carbocycles. The van der Waals surface area contributed by atoms with Crippen LogP contribution in [0.1, 0.15) is 11.1 Å². The second-order valence-corrected chi connectivity index (χ2v) is 4.49. The summed E-state index contributed by atoms with van der Waals surface area (Å²) in [4.78, 5) is 0. The van der Waals surface area contributed by atoms with Crippen LogP contribution in [0, 0.1) is 6.92 Å². The molecule has 0 saturated heterocycles. The summed E-state index contributed by atoms with van der Waals surface area (Å²) in [6, 6.07) is 14.4. The summed E-state index contributed by atoms with van der Waals surface area (Å²) in [5.41, 5.74) is 11.3. The zero-order chi connectivity index (χ0) is 12.5. The van der Waals surface area contributed by atoms with E-state index in [4.69, 9.17) is 5.73 Å². The van der Waals surface area contributed by atoms with Gasteiger partial charge in [0.05, 0.1) is 5.52 Å². The van der Waals surface area contributed by atoms with Crippen LogP contribution in [-0.4, -0.2) is 10.2 Å². The van der Waals surface area contributed by atoms with Gasteiger partial charge in [-0.05, 0) is 24.6 Å². The number of aryl methyl sites for hydroxylation is 1. The molecule has 0 amide bonds. The summed E-state index contributed by atoms with van der Waals surface area (Å²) < 4.78 is 0. The molecule has 0 aliphatic rings. The molecule has 90 valence electrons. The third-order valence-corrected chi connectivity index (χ3v) is 3.19. The Hall–Kier alpha value is -2.13. The number of fused-ring (bicyclic) bond motifs is 1. The van der Waals surface area contributed by atoms with E-state index in [-0.39, 0.29) is 0 Å². The zero-order valence-corrected chi connectivity index (χ0v) is 10.3. The van der Waals surface area contributed by atoms with Crippen LogP contribution >= 0.6 is 0 Å². The lowest BCUT2D eigenvalue weighted by Gasteiger charge is -2.03. The highest BCUT2D eigenvalue weighted by molar-refractivity contribution is 5.95. The normalized spacial score (nSPS) is 11.0. The van der Waals surface area contributed by atoms with E-state index < -0.39 is 0 Å². The molecule has 1 aromatic heterocycles. The Morgan fingerprint density at radius 2 is 2.00 bits per heavy atom. The van der Waals surface area contributed by atoms with Crippen LogP contribution in [0.3, 0.4) is 0 Å².